The summed E-state index contributed by atoms with van der Waals surface area (Å²) < 4.78 is 7.48. The summed E-state index contributed by atoms with van der Waals surface area (Å²) in [4.78, 5) is 18.9. The van der Waals surface area contributed by atoms with Gasteiger partial charge in [0.05, 0.1) is 17.8 Å². The molecule has 0 bridgehead atoms. The predicted molar refractivity (Wildman–Crippen MR) is 151 cm³/mol. The zero-order valence-corrected chi connectivity index (χ0v) is 22.6. The monoisotopic (exact) mass is 517 g/mol. The quantitative estimate of drug-likeness (QED) is 0.388. The van der Waals surface area contributed by atoms with Crippen LogP contribution in [0.3, 0.4) is 0 Å². The first-order chi connectivity index (χ1) is 18.0. The first-order valence-electron chi connectivity index (χ1n) is 13.1. The normalized spacial score (nSPS) is 20.2. The lowest BCUT2D eigenvalue weighted by Crippen LogP contribution is -2.29. The summed E-state index contributed by atoms with van der Waals surface area (Å²) in [7, 11) is 1.51. The number of carbonyl (C=O) groups is 1. The van der Waals surface area contributed by atoms with Gasteiger partial charge in [0.15, 0.2) is 5.11 Å². The summed E-state index contributed by atoms with van der Waals surface area (Å²) in [6, 6.07) is 16.6. The van der Waals surface area contributed by atoms with E-state index in [0.717, 1.165) is 17.1 Å². The van der Waals surface area contributed by atoms with Crippen LogP contribution in [0.2, 0.25) is 0 Å². The first-order valence-corrected chi connectivity index (χ1v) is 13.5. The van der Waals surface area contributed by atoms with E-state index in [-0.39, 0.29) is 24.6 Å². The highest BCUT2D eigenvalue weighted by Gasteiger charge is 2.42. The molecule has 7 nitrogen and oxygen atoms in total. The van der Waals surface area contributed by atoms with Crippen molar-refractivity contribution in [2.24, 2.45) is 0 Å². The van der Waals surface area contributed by atoms with E-state index >= 15 is 0 Å². The number of benzene rings is 1. The van der Waals surface area contributed by atoms with E-state index < -0.39 is 0 Å². The number of carbonyl (C=O) groups excluding carboxylic acids is 1. The number of nitrogens with one attached hydrogen (secondary N) is 2. The molecule has 1 saturated carbocycles. The maximum absolute atomic E-state index is 12.0. The number of methoxy groups -OCH3 is 1. The molecule has 1 aliphatic carbocycles. The molecule has 1 saturated heterocycles. The molecular formula is C29H35N5O2S. The Bertz CT molecular complexity index is 1250. The molecule has 1 aliphatic heterocycles. The molecule has 5 rings (SSSR count). The second kappa shape index (κ2) is 11.0. The Morgan fingerprint density at radius 2 is 1.89 bits per heavy atom. The molecule has 0 spiro atoms. The summed E-state index contributed by atoms with van der Waals surface area (Å²) in [5, 5.41) is 7.09. The van der Waals surface area contributed by atoms with Gasteiger partial charge >= 0.3 is 0 Å². The molecule has 1 aromatic carbocycles. The lowest BCUT2D eigenvalue weighted by atomic mass is 9.94. The third-order valence-electron chi connectivity index (χ3n) is 7.58. The Morgan fingerprint density at radius 3 is 2.57 bits per heavy atom. The van der Waals surface area contributed by atoms with E-state index in [2.05, 4.69) is 46.1 Å². The Morgan fingerprint density at radius 1 is 1.14 bits per heavy atom. The molecule has 2 atom stereocenters. The molecular weight excluding hydrogens is 482 g/mol. The van der Waals surface area contributed by atoms with Gasteiger partial charge in [-0.05, 0) is 86.9 Å². The third kappa shape index (κ3) is 5.13. The Labute approximate surface area is 224 Å². The smallest absolute Gasteiger partial charge is 0.250 e. The Balaban J connectivity index is 1.54. The minimum atomic E-state index is -0.183. The lowest BCUT2D eigenvalue weighted by molar-refractivity contribution is -0.119. The minimum Gasteiger partial charge on any atom is -0.375 e. The maximum Gasteiger partial charge on any atom is 0.250 e. The van der Waals surface area contributed by atoms with Gasteiger partial charge in [-0.25, -0.2) is 0 Å². The van der Waals surface area contributed by atoms with E-state index in [1.807, 2.05) is 42.6 Å². The van der Waals surface area contributed by atoms with Crippen molar-refractivity contribution in [2.75, 3.05) is 23.9 Å². The van der Waals surface area contributed by atoms with Crippen LogP contribution in [-0.2, 0) is 9.53 Å². The standard InChI is InChI=1S/C29H35N5O2S/c1-19-17-24(20(2)33(19)22-9-5-4-6-10-22)28-27(25-11-7-8-16-30-25)32-29(37)34(28)23-14-12-21(13-15-23)31-26(35)18-36-3/h7-8,11-17,22,27-28H,4-6,9-10,18H2,1-3H3,(H,31,35)(H,32,37)/t27-,28-/m0/s1. The molecule has 194 valence electrons. The second-order valence-corrected chi connectivity index (χ2v) is 10.4. The average Bonchev–Trinajstić information content (AvgIpc) is 3.40. The van der Waals surface area contributed by atoms with Gasteiger partial charge in [0.1, 0.15) is 6.61 Å². The SMILES string of the molecule is COCC(=O)Nc1ccc(N2C(=S)N[C@@H](c3ccccn3)[C@@H]2c2cc(C)n(C3CCCCC3)c2C)cc1. The van der Waals surface area contributed by atoms with Gasteiger partial charge in [0, 0.05) is 42.1 Å². The summed E-state index contributed by atoms with van der Waals surface area (Å²) >= 11 is 5.92. The van der Waals surface area contributed by atoms with Crippen LogP contribution in [-0.4, -0.2) is 34.3 Å². The highest BCUT2D eigenvalue weighted by atomic mass is 32.1. The molecule has 2 aliphatic rings. The Kier molecular flexibility index (Phi) is 7.58. The average molecular weight is 518 g/mol. The fraction of sp³-hybridized carbons (Fsp3) is 0.414. The van der Waals surface area contributed by atoms with Crippen LogP contribution in [0.15, 0.2) is 54.7 Å². The molecule has 1 amide bonds. The number of thiocarbonyl (C=S) groups is 1. The number of rotatable bonds is 7. The van der Waals surface area contributed by atoms with Gasteiger partial charge in [-0.1, -0.05) is 25.3 Å². The van der Waals surface area contributed by atoms with E-state index in [1.165, 1.54) is 56.2 Å². The summed E-state index contributed by atoms with van der Waals surface area (Å²) in [5.74, 6) is -0.183. The van der Waals surface area contributed by atoms with Gasteiger partial charge in [0.25, 0.3) is 0 Å². The van der Waals surface area contributed by atoms with Crippen molar-refractivity contribution >= 4 is 34.6 Å². The van der Waals surface area contributed by atoms with Gasteiger partial charge in [0.2, 0.25) is 5.91 Å². The fourth-order valence-corrected chi connectivity index (χ4v) is 6.33. The van der Waals surface area contributed by atoms with Crippen LogP contribution in [0.4, 0.5) is 11.4 Å². The van der Waals surface area contributed by atoms with E-state index in [4.69, 9.17) is 21.9 Å². The van der Waals surface area contributed by atoms with Crippen molar-refractivity contribution in [3.05, 3.63) is 77.4 Å². The Hall–Kier alpha value is -3.23. The zero-order valence-electron chi connectivity index (χ0n) is 21.7. The topological polar surface area (TPSA) is 71.4 Å². The van der Waals surface area contributed by atoms with Gasteiger partial charge in [-0.15, -0.1) is 0 Å². The molecule has 2 fully saturated rings. The zero-order chi connectivity index (χ0) is 25.9. The number of nitrogens with zero attached hydrogens (tertiary/aromatic N) is 3. The summed E-state index contributed by atoms with van der Waals surface area (Å²) in [6.45, 7) is 4.50. The molecule has 3 aromatic rings. The maximum atomic E-state index is 12.0. The highest BCUT2D eigenvalue weighted by molar-refractivity contribution is 7.80. The van der Waals surface area contributed by atoms with Crippen molar-refractivity contribution in [2.45, 2.75) is 64.1 Å². The number of hydrogen-bond acceptors (Lipinski definition) is 4. The number of aryl methyl sites for hydroxylation is 1. The van der Waals surface area contributed by atoms with Crippen molar-refractivity contribution in [1.82, 2.24) is 14.9 Å². The lowest BCUT2D eigenvalue weighted by Gasteiger charge is -2.30. The first kappa shape index (κ1) is 25.4. The number of amides is 1. The van der Waals surface area contributed by atoms with Crippen LogP contribution in [0.25, 0.3) is 0 Å². The van der Waals surface area contributed by atoms with Crippen LogP contribution in [0.1, 0.15) is 72.9 Å². The highest BCUT2D eigenvalue weighted by Crippen LogP contribution is 2.44. The van der Waals surface area contributed by atoms with Crippen LogP contribution >= 0.6 is 12.2 Å². The van der Waals surface area contributed by atoms with E-state index in [9.17, 15) is 4.79 Å². The summed E-state index contributed by atoms with van der Waals surface area (Å²) in [5.41, 5.74) is 6.51. The summed E-state index contributed by atoms with van der Waals surface area (Å²) in [6.07, 6.45) is 8.23. The number of hydrogen-bond donors (Lipinski definition) is 2. The van der Waals surface area contributed by atoms with Gasteiger partial charge in [-0.3, -0.25) is 9.78 Å². The molecule has 37 heavy (non-hydrogen) atoms. The second-order valence-electron chi connectivity index (χ2n) is 10.0. The molecule has 3 heterocycles. The van der Waals surface area contributed by atoms with Crippen molar-refractivity contribution < 1.29 is 9.53 Å². The van der Waals surface area contributed by atoms with Gasteiger partial charge in [-0.2, -0.15) is 0 Å². The number of pyridine rings is 1. The molecule has 0 unspecified atom stereocenters. The van der Waals surface area contributed by atoms with Gasteiger partial charge < -0.3 is 24.8 Å². The number of ether oxygens (including phenoxy) is 1. The van der Waals surface area contributed by atoms with Crippen LogP contribution in [0.5, 0.6) is 0 Å². The van der Waals surface area contributed by atoms with Crippen molar-refractivity contribution in [3.8, 4) is 0 Å². The minimum absolute atomic E-state index is 0.0202. The molecule has 0 radical (unpaired) electrons. The molecule has 8 heteroatoms. The van der Waals surface area contributed by atoms with Crippen LogP contribution < -0.4 is 15.5 Å². The molecule has 2 N–H and O–H groups in total. The fourth-order valence-electron chi connectivity index (χ4n) is 5.99. The van der Waals surface area contributed by atoms with E-state index in [0.29, 0.717) is 11.2 Å². The largest absolute Gasteiger partial charge is 0.375 e. The van der Waals surface area contributed by atoms with Crippen LogP contribution in [0, 0.1) is 13.8 Å². The molecule has 2 aromatic heterocycles. The number of anilines is 2. The number of aromatic nitrogens is 2. The van der Waals surface area contributed by atoms with E-state index in [1.54, 1.807) is 0 Å². The predicted octanol–water partition coefficient (Wildman–Crippen LogP) is 5.77. The third-order valence-corrected chi connectivity index (χ3v) is 7.90. The van der Waals surface area contributed by atoms with Crippen molar-refractivity contribution in [3.63, 3.8) is 0 Å². The van der Waals surface area contributed by atoms with Crippen molar-refractivity contribution in [1.29, 1.82) is 0 Å².